The first-order valence-corrected chi connectivity index (χ1v) is 8.21. The summed E-state index contributed by atoms with van der Waals surface area (Å²) in [4.78, 5) is 12.3. The van der Waals surface area contributed by atoms with E-state index in [1.54, 1.807) is 6.20 Å². The van der Waals surface area contributed by atoms with Gasteiger partial charge in [-0.15, -0.1) is 0 Å². The van der Waals surface area contributed by atoms with Crippen LogP contribution in [0.2, 0.25) is 0 Å². The predicted octanol–water partition coefficient (Wildman–Crippen LogP) is 1.77. The van der Waals surface area contributed by atoms with Crippen molar-refractivity contribution in [1.82, 2.24) is 20.3 Å². The van der Waals surface area contributed by atoms with E-state index in [2.05, 4.69) is 26.3 Å². The number of rotatable bonds is 3. The van der Waals surface area contributed by atoms with Gasteiger partial charge < -0.3 is 19.8 Å². The smallest absolute Gasteiger partial charge is 0.125 e. The van der Waals surface area contributed by atoms with Crippen LogP contribution in [0.15, 0.2) is 18.3 Å². The van der Waals surface area contributed by atoms with Crippen LogP contribution in [0.5, 0.6) is 0 Å². The molecular weight excluding hydrogens is 292 g/mol. The molecule has 0 bridgehead atoms. The van der Waals surface area contributed by atoms with Crippen molar-refractivity contribution in [2.24, 2.45) is 0 Å². The molecule has 4 rings (SSSR count). The van der Waals surface area contributed by atoms with E-state index in [1.807, 2.05) is 13.0 Å². The number of hydrogen-bond acceptors (Lipinski definition) is 5. The third-order valence-electron chi connectivity index (χ3n) is 4.53. The Kier molecular flexibility index (Phi) is 4.11. The molecule has 2 aromatic heterocycles. The van der Waals surface area contributed by atoms with E-state index >= 15 is 0 Å². The summed E-state index contributed by atoms with van der Waals surface area (Å²) in [6, 6.07) is 4.15. The average molecular weight is 314 g/mol. The van der Waals surface area contributed by atoms with Crippen LogP contribution in [-0.2, 0) is 16.0 Å². The van der Waals surface area contributed by atoms with Crippen LogP contribution < -0.4 is 5.32 Å². The average Bonchev–Trinajstić information content (AvgIpc) is 3.01. The number of aromatic nitrogens is 3. The fourth-order valence-electron chi connectivity index (χ4n) is 3.44. The summed E-state index contributed by atoms with van der Waals surface area (Å²) >= 11 is 0. The lowest BCUT2D eigenvalue weighted by Gasteiger charge is -2.29. The topological polar surface area (TPSA) is 72.1 Å². The van der Waals surface area contributed by atoms with Crippen LogP contribution in [0, 0.1) is 6.92 Å². The third kappa shape index (κ3) is 3.15. The maximum Gasteiger partial charge on any atom is 0.125 e. The van der Waals surface area contributed by atoms with Gasteiger partial charge in [0.05, 0.1) is 37.3 Å². The fourth-order valence-corrected chi connectivity index (χ4v) is 3.44. The van der Waals surface area contributed by atoms with Crippen molar-refractivity contribution >= 4 is 0 Å². The number of H-pyrrole nitrogens is 1. The lowest BCUT2D eigenvalue weighted by Crippen LogP contribution is -2.35. The molecule has 0 spiro atoms. The molecule has 1 saturated heterocycles. The highest BCUT2D eigenvalue weighted by atomic mass is 16.6. The van der Waals surface area contributed by atoms with Crippen molar-refractivity contribution in [3.63, 3.8) is 0 Å². The molecule has 122 valence electrons. The zero-order chi connectivity index (χ0) is 15.6. The molecule has 0 radical (unpaired) electrons. The summed E-state index contributed by atoms with van der Waals surface area (Å²) in [5, 5.41) is 3.51. The highest BCUT2D eigenvalue weighted by Gasteiger charge is 2.27. The first-order chi connectivity index (χ1) is 11.3. The van der Waals surface area contributed by atoms with Crippen molar-refractivity contribution in [3.8, 4) is 11.4 Å². The molecule has 23 heavy (non-hydrogen) atoms. The largest absolute Gasteiger partial charge is 0.376 e. The van der Waals surface area contributed by atoms with Gasteiger partial charge in [-0.2, -0.15) is 0 Å². The standard InChI is InChI=1S/C17H22N4O2/c1-11-19-3-2-15(20-11)16-7-13-9-18-8-12(17(13)21-16)6-14-10-22-4-5-23-14/h2-3,7,12,14,18,21H,4-6,8-10H2,1H3/t12?,14-/m1/s1. The van der Waals surface area contributed by atoms with E-state index in [1.165, 1.54) is 11.3 Å². The Bertz CT molecular complexity index is 679. The normalized spacial score (nSPS) is 24.4. The minimum absolute atomic E-state index is 0.189. The van der Waals surface area contributed by atoms with E-state index in [0.717, 1.165) is 36.7 Å². The van der Waals surface area contributed by atoms with E-state index < -0.39 is 0 Å². The van der Waals surface area contributed by atoms with Gasteiger partial charge in [0.1, 0.15) is 5.82 Å². The summed E-state index contributed by atoms with van der Waals surface area (Å²) in [5.41, 5.74) is 4.64. The number of nitrogens with one attached hydrogen (secondary N) is 2. The molecule has 4 heterocycles. The van der Waals surface area contributed by atoms with Crippen LogP contribution in [0.4, 0.5) is 0 Å². The zero-order valence-corrected chi connectivity index (χ0v) is 13.3. The second-order valence-electron chi connectivity index (χ2n) is 6.24. The van der Waals surface area contributed by atoms with E-state index in [0.29, 0.717) is 25.7 Å². The van der Waals surface area contributed by atoms with Crippen molar-refractivity contribution in [2.45, 2.75) is 31.9 Å². The number of fused-ring (bicyclic) bond motifs is 1. The molecule has 6 nitrogen and oxygen atoms in total. The Morgan fingerprint density at radius 3 is 3.13 bits per heavy atom. The molecule has 1 fully saturated rings. The molecule has 0 saturated carbocycles. The molecule has 1 unspecified atom stereocenters. The van der Waals surface area contributed by atoms with Crippen molar-refractivity contribution in [3.05, 3.63) is 35.4 Å². The molecular formula is C17H22N4O2. The molecule has 0 amide bonds. The third-order valence-corrected chi connectivity index (χ3v) is 4.53. The summed E-state index contributed by atoms with van der Waals surface area (Å²) in [6.07, 6.45) is 2.97. The minimum atomic E-state index is 0.189. The molecule has 0 aliphatic carbocycles. The van der Waals surface area contributed by atoms with Gasteiger partial charge in [-0.25, -0.2) is 9.97 Å². The van der Waals surface area contributed by atoms with Crippen LogP contribution in [0.3, 0.4) is 0 Å². The maximum absolute atomic E-state index is 5.82. The quantitative estimate of drug-likeness (QED) is 0.903. The summed E-state index contributed by atoms with van der Waals surface area (Å²) in [6.45, 7) is 5.89. The summed E-state index contributed by atoms with van der Waals surface area (Å²) in [7, 11) is 0. The monoisotopic (exact) mass is 314 g/mol. The maximum atomic E-state index is 5.82. The van der Waals surface area contributed by atoms with E-state index in [-0.39, 0.29) is 6.10 Å². The van der Waals surface area contributed by atoms with Crippen LogP contribution >= 0.6 is 0 Å². The van der Waals surface area contributed by atoms with Gasteiger partial charge in [0.2, 0.25) is 0 Å². The first-order valence-electron chi connectivity index (χ1n) is 8.21. The molecule has 2 aliphatic heterocycles. The van der Waals surface area contributed by atoms with Gasteiger partial charge in [0.25, 0.3) is 0 Å². The molecule has 6 heteroatoms. The van der Waals surface area contributed by atoms with Gasteiger partial charge in [0, 0.05) is 30.9 Å². The van der Waals surface area contributed by atoms with Crippen molar-refractivity contribution in [1.29, 1.82) is 0 Å². The van der Waals surface area contributed by atoms with Gasteiger partial charge in [-0.05, 0) is 31.0 Å². The number of aromatic amines is 1. The highest BCUT2D eigenvalue weighted by Crippen LogP contribution is 2.31. The van der Waals surface area contributed by atoms with E-state index in [9.17, 15) is 0 Å². The number of nitrogens with zero attached hydrogens (tertiary/aromatic N) is 2. The van der Waals surface area contributed by atoms with Crippen molar-refractivity contribution in [2.75, 3.05) is 26.4 Å². The van der Waals surface area contributed by atoms with Gasteiger partial charge in [-0.1, -0.05) is 0 Å². The number of aryl methyl sites for hydroxylation is 1. The van der Waals surface area contributed by atoms with Crippen LogP contribution in [0.1, 0.15) is 29.4 Å². The summed E-state index contributed by atoms with van der Waals surface area (Å²) < 4.78 is 11.3. The second-order valence-corrected chi connectivity index (χ2v) is 6.24. The van der Waals surface area contributed by atoms with Crippen molar-refractivity contribution < 1.29 is 9.47 Å². The van der Waals surface area contributed by atoms with Crippen LogP contribution in [0.25, 0.3) is 11.4 Å². The molecule has 2 atom stereocenters. The van der Waals surface area contributed by atoms with Gasteiger partial charge >= 0.3 is 0 Å². The zero-order valence-electron chi connectivity index (χ0n) is 13.3. The molecule has 2 aromatic rings. The molecule has 2 N–H and O–H groups in total. The molecule has 2 aliphatic rings. The minimum Gasteiger partial charge on any atom is -0.376 e. The summed E-state index contributed by atoms with van der Waals surface area (Å²) in [5.74, 6) is 1.21. The SMILES string of the molecule is Cc1nccc(-c2cc3c([nH]2)C(C[C@@H]2COCCO2)CNC3)n1. The Hall–Kier alpha value is -1.76. The fraction of sp³-hybridized carbons (Fsp3) is 0.529. The van der Waals surface area contributed by atoms with Gasteiger partial charge in [0.15, 0.2) is 0 Å². The number of ether oxygens (including phenoxy) is 2. The van der Waals surface area contributed by atoms with Crippen LogP contribution in [-0.4, -0.2) is 47.4 Å². The van der Waals surface area contributed by atoms with Gasteiger partial charge in [-0.3, -0.25) is 0 Å². The lowest BCUT2D eigenvalue weighted by molar-refractivity contribution is -0.0929. The highest BCUT2D eigenvalue weighted by molar-refractivity contribution is 5.57. The number of hydrogen-bond donors (Lipinski definition) is 2. The Balaban J connectivity index is 1.58. The second kappa shape index (κ2) is 6.39. The predicted molar refractivity (Wildman–Crippen MR) is 86.2 cm³/mol. The Labute approximate surface area is 135 Å². The Morgan fingerprint density at radius 1 is 1.35 bits per heavy atom. The first kappa shape index (κ1) is 14.8. The Morgan fingerprint density at radius 2 is 2.30 bits per heavy atom. The van der Waals surface area contributed by atoms with E-state index in [4.69, 9.17) is 9.47 Å². The molecule has 0 aromatic carbocycles. The lowest BCUT2D eigenvalue weighted by atomic mass is 9.92.